The van der Waals surface area contributed by atoms with Crippen molar-refractivity contribution in [1.29, 1.82) is 0 Å². The first-order valence-electron chi connectivity index (χ1n) is 8.47. The average molecular weight is 464 g/mol. The minimum Gasteiger partial charge on any atom is -0.359 e. The Bertz CT molecular complexity index is 499. The minimum atomic E-state index is 0. The summed E-state index contributed by atoms with van der Waals surface area (Å²) in [5.41, 5.74) is 1.36. The number of halogens is 1. The predicted molar refractivity (Wildman–Crippen MR) is 112 cm³/mol. The van der Waals surface area contributed by atoms with Gasteiger partial charge < -0.3 is 15.5 Å². The van der Waals surface area contributed by atoms with E-state index in [1.54, 1.807) is 18.4 Å². The van der Waals surface area contributed by atoms with E-state index in [1.165, 1.54) is 5.56 Å². The van der Waals surface area contributed by atoms with Gasteiger partial charge in [0.25, 0.3) is 0 Å². The summed E-state index contributed by atoms with van der Waals surface area (Å²) in [5, 5.41) is 10.4. The van der Waals surface area contributed by atoms with Gasteiger partial charge in [-0.1, -0.05) is 0 Å². The molecule has 0 aromatic carbocycles. The Hall–Kier alpha value is -0.830. The van der Waals surface area contributed by atoms with Gasteiger partial charge in [-0.2, -0.15) is 11.3 Å². The van der Waals surface area contributed by atoms with Gasteiger partial charge >= 0.3 is 0 Å². The zero-order chi connectivity index (χ0) is 16.5. The molecule has 0 unspecified atom stereocenters. The molecule has 2 heterocycles. The molecule has 7 heteroatoms. The summed E-state index contributed by atoms with van der Waals surface area (Å²) in [6.07, 6.45) is 3.76. The second-order valence-corrected chi connectivity index (χ2v) is 6.71. The van der Waals surface area contributed by atoms with Gasteiger partial charge in [0.15, 0.2) is 5.96 Å². The Morgan fingerprint density at radius 1 is 1.42 bits per heavy atom. The van der Waals surface area contributed by atoms with Crippen molar-refractivity contribution in [3.8, 4) is 0 Å². The number of aliphatic imine (C=N–C) groups is 1. The molecule has 1 aliphatic rings. The average Bonchev–Trinajstić information content (AvgIpc) is 3.08. The Kier molecular flexibility index (Phi) is 10.3. The molecule has 1 amide bonds. The van der Waals surface area contributed by atoms with Crippen LogP contribution in [0.5, 0.6) is 0 Å². The molecule has 0 atom stereocenters. The maximum Gasteiger partial charge on any atom is 0.220 e. The second kappa shape index (κ2) is 11.7. The molecule has 0 radical (unpaired) electrons. The van der Waals surface area contributed by atoms with Crippen LogP contribution in [-0.2, 0) is 11.2 Å². The van der Waals surface area contributed by atoms with E-state index in [1.807, 2.05) is 0 Å². The molecular formula is C17H29IN4OS. The molecule has 0 aliphatic carbocycles. The van der Waals surface area contributed by atoms with Gasteiger partial charge in [0, 0.05) is 39.6 Å². The molecule has 1 aromatic heterocycles. The number of guanidine groups is 1. The monoisotopic (exact) mass is 464 g/mol. The lowest BCUT2D eigenvalue weighted by Gasteiger charge is -2.34. The maximum absolute atomic E-state index is 11.5. The number of thiophene rings is 1. The summed E-state index contributed by atoms with van der Waals surface area (Å²) in [6, 6.07) is 2.16. The first-order chi connectivity index (χ1) is 11.2. The van der Waals surface area contributed by atoms with Crippen LogP contribution in [0.15, 0.2) is 21.8 Å². The number of hydrogen-bond acceptors (Lipinski definition) is 3. The predicted octanol–water partition coefficient (Wildman–Crippen LogP) is 2.72. The molecule has 1 saturated heterocycles. The lowest BCUT2D eigenvalue weighted by molar-refractivity contribution is -0.121. The van der Waals surface area contributed by atoms with Gasteiger partial charge in [-0.05, 0) is 54.5 Å². The number of rotatable bonds is 6. The number of carbonyl (C=O) groups excluding carboxylic acids is 1. The van der Waals surface area contributed by atoms with E-state index in [-0.39, 0.29) is 29.9 Å². The van der Waals surface area contributed by atoms with Gasteiger partial charge in [-0.25, -0.2) is 0 Å². The molecule has 1 aliphatic heterocycles. The van der Waals surface area contributed by atoms with E-state index in [0.29, 0.717) is 12.3 Å². The third-order valence-electron chi connectivity index (χ3n) is 4.24. The van der Waals surface area contributed by atoms with Crippen molar-refractivity contribution in [3.63, 3.8) is 0 Å². The van der Waals surface area contributed by atoms with E-state index in [2.05, 4.69) is 39.3 Å². The van der Waals surface area contributed by atoms with E-state index in [9.17, 15) is 4.79 Å². The lowest BCUT2D eigenvalue weighted by atomic mass is 9.93. The van der Waals surface area contributed by atoms with Gasteiger partial charge in [-0.15, -0.1) is 24.0 Å². The molecule has 2 N–H and O–H groups in total. The van der Waals surface area contributed by atoms with Crippen LogP contribution in [0.3, 0.4) is 0 Å². The van der Waals surface area contributed by atoms with Crippen molar-refractivity contribution in [2.75, 3.05) is 33.2 Å². The van der Waals surface area contributed by atoms with Crippen LogP contribution in [0.1, 0.15) is 31.7 Å². The number of carbonyl (C=O) groups is 1. The van der Waals surface area contributed by atoms with Gasteiger partial charge in [-0.3, -0.25) is 9.79 Å². The minimum absolute atomic E-state index is 0. The van der Waals surface area contributed by atoms with Crippen LogP contribution < -0.4 is 10.6 Å². The Labute approximate surface area is 166 Å². The van der Waals surface area contributed by atoms with Crippen molar-refractivity contribution in [2.24, 2.45) is 10.9 Å². The zero-order valence-corrected chi connectivity index (χ0v) is 17.7. The fraction of sp³-hybridized carbons (Fsp3) is 0.647. The number of piperidine rings is 1. The van der Waals surface area contributed by atoms with Crippen LogP contribution in [0.25, 0.3) is 0 Å². The molecule has 0 spiro atoms. The van der Waals surface area contributed by atoms with Crippen molar-refractivity contribution >= 4 is 47.2 Å². The Morgan fingerprint density at radius 2 is 2.17 bits per heavy atom. The SMILES string of the molecule is CCNC(=NCCc1ccsc1)N1CCC(CC(=O)NC)CC1.I. The van der Waals surface area contributed by atoms with Crippen molar-refractivity contribution in [3.05, 3.63) is 22.4 Å². The molecule has 136 valence electrons. The lowest BCUT2D eigenvalue weighted by Crippen LogP contribution is -2.46. The van der Waals surface area contributed by atoms with Crippen LogP contribution in [-0.4, -0.2) is 50.0 Å². The van der Waals surface area contributed by atoms with E-state index in [0.717, 1.165) is 51.4 Å². The standard InChI is InChI=1S/C17H28N4OS.HI/c1-3-19-17(20-8-4-15-7-11-23-13-15)21-9-5-14(6-10-21)12-16(22)18-2;/h7,11,13-14H,3-6,8-10,12H2,1-2H3,(H,18,22)(H,19,20);1H. The fourth-order valence-corrected chi connectivity index (χ4v) is 3.57. The number of hydrogen-bond donors (Lipinski definition) is 2. The highest BCUT2D eigenvalue weighted by Gasteiger charge is 2.22. The first-order valence-corrected chi connectivity index (χ1v) is 9.42. The summed E-state index contributed by atoms with van der Waals surface area (Å²) in [7, 11) is 1.71. The highest BCUT2D eigenvalue weighted by atomic mass is 127. The molecule has 5 nitrogen and oxygen atoms in total. The van der Waals surface area contributed by atoms with Gasteiger partial charge in [0.05, 0.1) is 0 Å². The summed E-state index contributed by atoms with van der Waals surface area (Å²) in [6.45, 7) is 5.76. The summed E-state index contributed by atoms with van der Waals surface area (Å²) in [4.78, 5) is 18.6. The Morgan fingerprint density at radius 3 is 2.75 bits per heavy atom. The molecule has 0 saturated carbocycles. The van der Waals surface area contributed by atoms with Gasteiger partial charge in [0.1, 0.15) is 0 Å². The summed E-state index contributed by atoms with van der Waals surface area (Å²) >= 11 is 1.74. The molecule has 1 fully saturated rings. The first kappa shape index (κ1) is 21.2. The normalized spacial score (nSPS) is 15.8. The van der Waals surface area contributed by atoms with Crippen LogP contribution >= 0.6 is 35.3 Å². The highest BCUT2D eigenvalue weighted by Crippen LogP contribution is 2.20. The molecule has 2 rings (SSSR count). The van der Waals surface area contributed by atoms with E-state index in [4.69, 9.17) is 4.99 Å². The van der Waals surface area contributed by atoms with Crippen molar-refractivity contribution in [1.82, 2.24) is 15.5 Å². The molecular weight excluding hydrogens is 435 g/mol. The number of nitrogens with one attached hydrogen (secondary N) is 2. The largest absolute Gasteiger partial charge is 0.359 e. The van der Waals surface area contributed by atoms with E-state index < -0.39 is 0 Å². The Balaban J connectivity index is 0.00000288. The van der Waals surface area contributed by atoms with Crippen molar-refractivity contribution in [2.45, 2.75) is 32.6 Å². The zero-order valence-electron chi connectivity index (χ0n) is 14.6. The highest BCUT2D eigenvalue weighted by molar-refractivity contribution is 14.0. The summed E-state index contributed by atoms with van der Waals surface area (Å²) in [5.74, 6) is 1.67. The third-order valence-corrected chi connectivity index (χ3v) is 4.98. The third kappa shape index (κ3) is 6.96. The van der Waals surface area contributed by atoms with E-state index >= 15 is 0 Å². The van der Waals surface area contributed by atoms with Gasteiger partial charge in [0.2, 0.25) is 5.91 Å². The second-order valence-electron chi connectivity index (χ2n) is 5.92. The summed E-state index contributed by atoms with van der Waals surface area (Å²) < 4.78 is 0. The molecule has 24 heavy (non-hydrogen) atoms. The smallest absolute Gasteiger partial charge is 0.220 e. The fourth-order valence-electron chi connectivity index (χ4n) is 2.86. The van der Waals surface area contributed by atoms with Crippen LogP contribution in [0, 0.1) is 5.92 Å². The van der Waals surface area contributed by atoms with Crippen LogP contribution in [0.4, 0.5) is 0 Å². The molecule has 0 bridgehead atoms. The van der Waals surface area contributed by atoms with Crippen molar-refractivity contribution < 1.29 is 4.79 Å². The topological polar surface area (TPSA) is 56.7 Å². The number of amides is 1. The number of likely N-dealkylation sites (tertiary alicyclic amines) is 1. The van der Waals surface area contributed by atoms with Crippen LogP contribution in [0.2, 0.25) is 0 Å². The quantitative estimate of drug-likeness (QED) is 0.387. The number of nitrogens with zero attached hydrogens (tertiary/aromatic N) is 2. The molecule has 1 aromatic rings. The maximum atomic E-state index is 11.5.